The Kier molecular flexibility index (Phi) is 3.69. The van der Waals surface area contributed by atoms with Gasteiger partial charge in [0.2, 0.25) is 5.95 Å². The normalized spacial score (nSPS) is 10.6. The summed E-state index contributed by atoms with van der Waals surface area (Å²) in [5, 5.41) is 6.63. The van der Waals surface area contributed by atoms with Crippen molar-refractivity contribution in [3.05, 3.63) is 52.2 Å². The largest absolute Gasteiger partial charge is 0.373 e. The third-order valence-corrected chi connectivity index (χ3v) is 3.19. The molecule has 22 heavy (non-hydrogen) atoms. The summed E-state index contributed by atoms with van der Waals surface area (Å²) in [6.45, 7) is 2.23. The number of rotatable bonds is 4. The van der Waals surface area contributed by atoms with E-state index in [-0.39, 0.29) is 5.56 Å². The van der Waals surface area contributed by atoms with Gasteiger partial charge in [-0.05, 0) is 19.1 Å². The second-order valence-corrected chi connectivity index (χ2v) is 4.85. The van der Waals surface area contributed by atoms with E-state index in [1.165, 1.54) is 0 Å². The van der Waals surface area contributed by atoms with Crippen LogP contribution < -0.4 is 16.2 Å². The van der Waals surface area contributed by atoms with Crippen LogP contribution in [0, 0.1) is 6.92 Å². The molecular weight excluding hydrogens is 280 g/mol. The van der Waals surface area contributed by atoms with Gasteiger partial charge in [0.1, 0.15) is 11.6 Å². The fraction of sp³-hybridized carbons (Fsp3) is 0.200. The summed E-state index contributed by atoms with van der Waals surface area (Å²) >= 11 is 0. The highest BCUT2D eigenvalue weighted by molar-refractivity contribution is 5.77. The van der Waals surface area contributed by atoms with Gasteiger partial charge in [0.05, 0.1) is 17.4 Å². The number of benzene rings is 1. The van der Waals surface area contributed by atoms with Crippen LogP contribution in [-0.2, 0) is 6.54 Å². The molecule has 3 rings (SSSR count). The number of nitrogens with zero attached hydrogens (tertiary/aromatic N) is 3. The number of nitrogens with one attached hydrogen (secondary N) is 3. The van der Waals surface area contributed by atoms with Crippen LogP contribution in [-0.4, -0.2) is 27.0 Å². The Morgan fingerprint density at radius 1 is 1.18 bits per heavy atom. The molecule has 0 aliphatic carbocycles. The standard InChI is InChI=1S/C15H16N6O/c1-9-7-12(16-2)21-15(18-9)17-8-13-19-11-6-4-3-5-10(11)14(22)20-13/h3-7H,8H2,1-2H3,(H,19,20,22)(H2,16,17,18,21). The molecule has 0 aliphatic heterocycles. The zero-order chi connectivity index (χ0) is 15.5. The lowest BCUT2D eigenvalue weighted by atomic mass is 10.2. The predicted molar refractivity (Wildman–Crippen MR) is 86.0 cm³/mol. The molecule has 3 aromatic rings. The number of fused-ring (bicyclic) bond motifs is 1. The Bertz CT molecular complexity index is 873. The van der Waals surface area contributed by atoms with Crippen LogP contribution >= 0.6 is 0 Å². The molecular formula is C15H16N6O. The molecule has 2 heterocycles. The molecule has 0 amide bonds. The van der Waals surface area contributed by atoms with Crippen molar-refractivity contribution in [1.29, 1.82) is 0 Å². The molecule has 3 N–H and O–H groups in total. The maximum Gasteiger partial charge on any atom is 0.258 e. The first-order valence-electron chi connectivity index (χ1n) is 6.91. The summed E-state index contributed by atoms with van der Waals surface area (Å²) in [4.78, 5) is 27.8. The summed E-state index contributed by atoms with van der Waals surface area (Å²) in [5.74, 6) is 1.76. The molecule has 0 unspecified atom stereocenters. The molecule has 7 nitrogen and oxygen atoms in total. The summed E-state index contributed by atoms with van der Waals surface area (Å²) in [6, 6.07) is 9.09. The van der Waals surface area contributed by atoms with Crippen molar-refractivity contribution in [2.75, 3.05) is 17.7 Å². The van der Waals surface area contributed by atoms with E-state index in [1.807, 2.05) is 31.2 Å². The van der Waals surface area contributed by atoms with Crippen LogP contribution in [0.1, 0.15) is 11.5 Å². The van der Waals surface area contributed by atoms with E-state index in [4.69, 9.17) is 0 Å². The van der Waals surface area contributed by atoms with Gasteiger partial charge in [0.15, 0.2) is 0 Å². The summed E-state index contributed by atoms with van der Waals surface area (Å²) in [6.07, 6.45) is 0. The first-order valence-corrected chi connectivity index (χ1v) is 6.91. The van der Waals surface area contributed by atoms with Gasteiger partial charge in [-0.2, -0.15) is 4.98 Å². The van der Waals surface area contributed by atoms with E-state index in [0.717, 1.165) is 11.5 Å². The molecule has 0 atom stereocenters. The van der Waals surface area contributed by atoms with Crippen LogP contribution in [0.5, 0.6) is 0 Å². The Balaban J connectivity index is 1.85. The number of aromatic amines is 1. The molecule has 0 saturated heterocycles. The number of H-pyrrole nitrogens is 1. The molecule has 1 aromatic carbocycles. The highest BCUT2D eigenvalue weighted by Crippen LogP contribution is 2.10. The summed E-state index contributed by atoms with van der Waals surface area (Å²) in [5.41, 5.74) is 1.37. The average molecular weight is 296 g/mol. The second kappa shape index (κ2) is 5.80. The number of anilines is 2. The number of aromatic nitrogens is 4. The van der Waals surface area contributed by atoms with Crippen LogP contribution in [0.2, 0.25) is 0 Å². The van der Waals surface area contributed by atoms with Gasteiger partial charge in [-0.3, -0.25) is 4.79 Å². The molecule has 7 heteroatoms. The Labute approximate surface area is 126 Å². The van der Waals surface area contributed by atoms with E-state index in [9.17, 15) is 4.79 Å². The van der Waals surface area contributed by atoms with Crippen molar-refractivity contribution in [3.63, 3.8) is 0 Å². The van der Waals surface area contributed by atoms with Gasteiger partial charge in [0, 0.05) is 18.8 Å². The zero-order valence-electron chi connectivity index (χ0n) is 12.3. The molecule has 0 fully saturated rings. The smallest absolute Gasteiger partial charge is 0.258 e. The van der Waals surface area contributed by atoms with E-state index in [0.29, 0.717) is 29.2 Å². The molecule has 0 aliphatic rings. The third-order valence-electron chi connectivity index (χ3n) is 3.19. The third kappa shape index (κ3) is 2.88. The number of aryl methyl sites for hydroxylation is 1. The first-order chi connectivity index (χ1) is 10.7. The number of hydrogen-bond acceptors (Lipinski definition) is 6. The average Bonchev–Trinajstić information content (AvgIpc) is 2.52. The minimum atomic E-state index is -0.150. The lowest BCUT2D eigenvalue weighted by molar-refractivity contribution is 0.929. The Hall–Kier alpha value is -2.96. The van der Waals surface area contributed by atoms with E-state index >= 15 is 0 Å². The SMILES string of the molecule is CNc1cc(C)nc(NCc2nc3ccccc3c(=O)[nH]2)n1. The van der Waals surface area contributed by atoms with Crippen LogP contribution in [0.15, 0.2) is 35.1 Å². The fourth-order valence-corrected chi connectivity index (χ4v) is 2.16. The molecule has 2 aromatic heterocycles. The molecule has 0 bridgehead atoms. The van der Waals surface area contributed by atoms with Crippen LogP contribution in [0.4, 0.5) is 11.8 Å². The van der Waals surface area contributed by atoms with Crippen LogP contribution in [0.25, 0.3) is 10.9 Å². The van der Waals surface area contributed by atoms with Crippen molar-refractivity contribution < 1.29 is 0 Å². The molecule has 0 spiro atoms. The number of para-hydroxylation sites is 1. The van der Waals surface area contributed by atoms with Gasteiger partial charge in [-0.25, -0.2) is 9.97 Å². The second-order valence-electron chi connectivity index (χ2n) is 4.85. The molecule has 0 radical (unpaired) electrons. The topological polar surface area (TPSA) is 95.6 Å². The lowest BCUT2D eigenvalue weighted by Crippen LogP contribution is -2.15. The highest BCUT2D eigenvalue weighted by Gasteiger charge is 2.05. The van der Waals surface area contributed by atoms with Crippen molar-refractivity contribution in [2.45, 2.75) is 13.5 Å². The Morgan fingerprint density at radius 3 is 2.82 bits per heavy atom. The van der Waals surface area contributed by atoms with Crippen LogP contribution in [0.3, 0.4) is 0 Å². The van der Waals surface area contributed by atoms with Crippen molar-refractivity contribution in [2.24, 2.45) is 0 Å². The monoisotopic (exact) mass is 296 g/mol. The van der Waals surface area contributed by atoms with Gasteiger partial charge < -0.3 is 15.6 Å². The highest BCUT2D eigenvalue weighted by atomic mass is 16.1. The zero-order valence-corrected chi connectivity index (χ0v) is 12.3. The maximum atomic E-state index is 12.0. The number of hydrogen-bond donors (Lipinski definition) is 3. The summed E-state index contributed by atoms with van der Waals surface area (Å²) in [7, 11) is 1.80. The van der Waals surface area contributed by atoms with E-state index in [1.54, 1.807) is 13.1 Å². The molecule has 0 saturated carbocycles. The van der Waals surface area contributed by atoms with Crippen molar-refractivity contribution in [3.8, 4) is 0 Å². The van der Waals surface area contributed by atoms with E-state index < -0.39 is 0 Å². The minimum absolute atomic E-state index is 0.150. The molecule has 112 valence electrons. The van der Waals surface area contributed by atoms with E-state index in [2.05, 4.69) is 30.6 Å². The summed E-state index contributed by atoms with van der Waals surface area (Å²) < 4.78 is 0. The van der Waals surface area contributed by atoms with Gasteiger partial charge >= 0.3 is 0 Å². The minimum Gasteiger partial charge on any atom is -0.373 e. The van der Waals surface area contributed by atoms with Gasteiger partial charge in [-0.1, -0.05) is 12.1 Å². The van der Waals surface area contributed by atoms with Crippen molar-refractivity contribution in [1.82, 2.24) is 19.9 Å². The maximum absolute atomic E-state index is 12.0. The van der Waals surface area contributed by atoms with Crippen molar-refractivity contribution >= 4 is 22.7 Å². The predicted octanol–water partition coefficient (Wildman–Crippen LogP) is 1.68. The lowest BCUT2D eigenvalue weighted by Gasteiger charge is -2.08. The fourth-order valence-electron chi connectivity index (χ4n) is 2.16. The van der Waals surface area contributed by atoms with Gasteiger partial charge in [-0.15, -0.1) is 0 Å². The first kappa shape index (κ1) is 14.0. The Morgan fingerprint density at radius 2 is 2.00 bits per heavy atom. The quantitative estimate of drug-likeness (QED) is 0.678. The van der Waals surface area contributed by atoms with Gasteiger partial charge in [0.25, 0.3) is 5.56 Å².